The lowest BCUT2D eigenvalue weighted by atomic mass is 9.91. The first-order valence-electron chi connectivity index (χ1n) is 7.06. The van der Waals surface area contributed by atoms with Gasteiger partial charge < -0.3 is 20.1 Å². The van der Waals surface area contributed by atoms with Crippen molar-refractivity contribution in [1.29, 1.82) is 0 Å². The van der Waals surface area contributed by atoms with E-state index in [0.717, 1.165) is 12.8 Å². The molecule has 1 saturated heterocycles. The van der Waals surface area contributed by atoms with Crippen LogP contribution < -0.4 is 15.2 Å². The minimum atomic E-state index is -0.160. The van der Waals surface area contributed by atoms with Crippen LogP contribution in [-0.2, 0) is 0 Å². The summed E-state index contributed by atoms with van der Waals surface area (Å²) in [5.41, 5.74) is 6.21. The Hall–Kier alpha value is -1.89. The zero-order chi connectivity index (χ0) is 15.4. The van der Waals surface area contributed by atoms with Gasteiger partial charge >= 0.3 is 0 Å². The van der Waals surface area contributed by atoms with Crippen LogP contribution in [0.3, 0.4) is 0 Å². The Balaban J connectivity index is 2.18. The average molecular weight is 294 g/mol. The highest BCUT2D eigenvalue weighted by atomic mass is 16.5. The van der Waals surface area contributed by atoms with Crippen LogP contribution in [0, 0.1) is 5.92 Å². The molecule has 2 heterocycles. The molecule has 0 radical (unpaired) electrons. The maximum Gasteiger partial charge on any atom is 0.264 e. The van der Waals surface area contributed by atoms with E-state index in [1.54, 1.807) is 4.90 Å². The molecular weight excluding hydrogens is 272 g/mol. The first-order chi connectivity index (χ1) is 10.1. The molecule has 1 aliphatic heterocycles. The van der Waals surface area contributed by atoms with E-state index in [1.807, 2.05) is 6.92 Å². The third kappa shape index (κ3) is 3.24. The highest BCUT2D eigenvalue weighted by molar-refractivity contribution is 5.98. The monoisotopic (exact) mass is 294 g/mol. The standard InChI is InChI=1S/C14H22N4O3/c1-9(15)10-4-6-18(7-5-10)14(19)11-12(20-2)16-8-17-13(11)21-3/h8-10H,4-7,15H2,1-3H3. The number of likely N-dealkylation sites (tertiary alicyclic amines) is 1. The summed E-state index contributed by atoms with van der Waals surface area (Å²) in [5.74, 6) is 0.777. The molecule has 116 valence electrons. The Morgan fingerprint density at radius 2 is 1.81 bits per heavy atom. The summed E-state index contributed by atoms with van der Waals surface area (Å²) in [7, 11) is 2.95. The highest BCUT2D eigenvalue weighted by Crippen LogP contribution is 2.27. The van der Waals surface area contributed by atoms with Gasteiger partial charge in [-0.3, -0.25) is 4.79 Å². The summed E-state index contributed by atoms with van der Waals surface area (Å²) in [5, 5.41) is 0. The van der Waals surface area contributed by atoms with Gasteiger partial charge in [-0.25, -0.2) is 9.97 Å². The van der Waals surface area contributed by atoms with Gasteiger partial charge in [0.2, 0.25) is 11.8 Å². The predicted octanol–water partition coefficient (Wildman–Crippen LogP) is 0.693. The Bertz CT molecular complexity index is 477. The van der Waals surface area contributed by atoms with Gasteiger partial charge in [0.25, 0.3) is 5.91 Å². The van der Waals surface area contributed by atoms with E-state index in [0.29, 0.717) is 19.0 Å². The first kappa shape index (κ1) is 15.5. The molecule has 0 spiro atoms. The molecule has 1 aromatic rings. The maximum absolute atomic E-state index is 12.7. The van der Waals surface area contributed by atoms with Gasteiger partial charge in [0, 0.05) is 19.1 Å². The average Bonchev–Trinajstić information content (AvgIpc) is 2.53. The lowest BCUT2D eigenvalue weighted by Gasteiger charge is -2.33. The minimum absolute atomic E-state index is 0.159. The molecule has 0 aromatic carbocycles. The summed E-state index contributed by atoms with van der Waals surface area (Å²) >= 11 is 0. The Morgan fingerprint density at radius 1 is 1.29 bits per heavy atom. The number of rotatable bonds is 4. The fourth-order valence-electron chi connectivity index (χ4n) is 2.63. The number of ether oxygens (including phenoxy) is 2. The van der Waals surface area contributed by atoms with E-state index in [1.165, 1.54) is 20.5 Å². The largest absolute Gasteiger partial charge is 0.480 e. The summed E-state index contributed by atoms with van der Waals surface area (Å²) in [6.07, 6.45) is 3.13. The predicted molar refractivity (Wildman–Crippen MR) is 77.4 cm³/mol. The van der Waals surface area contributed by atoms with Gasteiger partial charge in [0.05, 0.1) is 14.2 Å². The van der Waals surface area contributed by atoms with Crippen LogP contribution in [-0.4, -0.2) is 54.1 Å². The second-order valence-corrected chi connectivity index (χ2v) is 5.26. The molecule has 2 N–H and O–H groups in total. The fourth-order valence-corrected chi connectivity index (χ4v) is 2.63. The molecule has 1 aromatic heterocycles. The van der Waals surface area contributed by atoms with Gasteiger partial charge in [-0.05, 0) is 25.7 Å². The molecule has 7 heteroatoms. The molecule has 0 bridgehead atoms. The van der Waals surface area contributed by atoms with Crippen molar-refractivity contribution in [2.45, 2.75) is 25.8 Å². The lowest BCUT2D eigenvalue weighted by Crippen LogP contribution is -2.42. The van der Waals surface area contributed by atoms with E-state index in [9.17, 15) is 4.79 Å². The lowest BCUT2D eigenvalue weighted by molar-refractivity contribution is 0.0672. The maximum atomic E-state index is 12.7. The van der Waals surface area contributed by atoms with E-state index >= 15 is 0 Å². The number of aromatic nitrogens is 2. The van der Waals surface area contributed by atoms with E-state index in [4.69, 9.17) is 15.2 Å². The number of hydrogen-bond donors (Lipinski definition) is 1. The molecule has 21 heavy (non-hydrogen) atoms. The smallest absolute Gasteiger partial charge is 0.264 e. The number of carbonyl (C=O) groups excluding carboxylic acids is 1. The van der Waals surface area contributed by atoms with Crippen molar-refractivity contribution in [2.75, 3.05) is 27.3 Å². The van der Waals surface area contributed by atoms with Crippen LogP contribution in [0.5, 0.6) is 11.8 Å². The van der Waals surface area contributed by atoms with Crippen LogP contribution in [0.25, 0.3) is 0 Å². The number of carbonyl (C=O) groups is 1. The number of nitrogens with two attached hydrogens (primary N) is 1. The molecule has 0 aliphatic carbocycles. The molecule has 0 saturated carbocycles. The Morgan fingerprint density at radius 3 is 2.24 bits per heavy atom. The van der Waals surface area contributed by atoms with Gasteiger partial charge in [-0.1, -0.05) is 0 Å². The van der Waals surface area contributed by atoms with E-state index in [2.05, 4.69) is 9.97 Å². The third-order valence-electron chi connectivity index (χ3n) is 3.95. The second kappa shape index (κ2) is 6.71. The van der Waals surface area contributed by atoms with E-state index < -0.39 is 0 Å². The number of amides is 1. The van der Waals surface area contributed by atoms with Gasteiger partial charge in [-0.2, -0.15) is 0 Å². The van der Waals surface area contributed by atoms with Gasteiger partial charge in [-0.15, -0.1) is 0 Å². The quantitative estimate of drug-likeness (QED) is 0.878. The van der Waals surface area contributed by atoms with Crippen molar-refractivity contribution in [3.05, 3.63) is 11.9 Å². The zero-order valence-electron chi connectivity index (χ0n) is 12.7. The fraction of sp³-hybridized carbons (Fsp3) is 0.643. The number of nitrogens with zero attached hydrogens (tertiary/aromatic N) is 3. The van der Waals surface area contributed by atoms with Gasteiger partial charge in [0.15, 0.2) is 5.56 Å². The Labute approximate surface area is 124 Å². The first-order valence-corrected chi connectivity index (χ1v) is 7.06. The summed E-state index contributed by atoms with van der Waals surface area (Å²) < 4.78 is 10.3. The number of methoxy groups -OCH3 is 2. The van der Waals surface area contributed by atoms with Gasteiger partial charge in [0.1, 0.15) is 6.33 Å². The van der Waals surface area contributed by atoms with Crippen LogP contribution in [0.15, 0.2) is 6.33 Å². The Kier molecular flexibility index (Phi) is 4.95. The van der Waals surface area contributed by atoms with Crippen LogP contribution in [0.1, 0.15) is 30.1 Å². The van der Waals surface area contributed by atoms with Crippen molar-refractivity contribution in [3.8, 4) is 11.8 Å². The van der Waals surface area contributed by atoms with Crippen molar-refractivity contribution in [2.24, 2.45) is 11.7 Å². The molecule has 1 amide bonds. The second-order valence-electron chi connectivity index (χ2n) is 5.26. The van der Waals surface area contributed by atoms with Crippen LogP contribution in [0.4, 0.5) is 0 Å². The molecule has 2 rings (SSSR count). The number of hydrogen-bond acceptors (Lipinski definition) is 6. The molecule has 7 nitrogen and oxygen atoms in total. The van der Waals surface area contributed by atoms with Crippen molar-refractivity contribution in [3.63, 3.8) is 0 Å². The number of piperidine rings is 1. The van der Waals surface area contributed by atoms with Crippen molar-refractivity contribution < 1.29 is 14.3 Å². The molecule has 1 aliphatic rings. The SMILES string of the molecule is COc1ncnc(OC)c1C(=O)N1CCC(C(C)N)CC1. The molecular formula is C14H22N4O3. The summed E-state index contributed by atoms with van der Waals surface area (Å²) in [6.45, 7) is 3.36. The zero-order valence-corrected chi connectivity index (χ0v) is 12.7. The van der Waals surface area contributed by atoms with Crippen LogP contribution in [0.2, 0.25) is 0 Å². The third-order valence-corrected chi connectivity index (χ3v) is 3.95. The minimum Gasteiger partial charge on any atom is -0.480 e. The molecule has 1 fully saturated rings. The van der Waals surface area contributed by atoms with Crippen LogP contribution >= 0.6 is 0 Å². The van der Waals surface area contributed by atoms with E-state index in [-0.39, 0.29) is 29.3 Å². The van der Waals surface area contributed by atoms with Crippen molar-refractivity contribution >= 4 is 5.91 Å². The summed E-state index contributed by atoms with van der Waals surface area (Å²) in [4.78, 5) is 22.4. The normalized spacial score (nSPS) is 17.4. The topological polar surface area (TPSA) is 90.6 Å². The molecule has 1 unspecified atom stereocenters. The van der Waals surface area contributed by atoms with Crippen molar-refractivity contribution in [1.82, 2.24) is 14.9 Å². The highest BCUT2D eigenvalue weighted by Gasteiger charge is 2.30. The molecule has 1 atom stereocenters. The summed E-state index contributed by atoms with van der Waals surface area (Å²) in [6, 6.07) is 0.159.